The van der Waals surface area contributed by atoms with E-state index < -0.39 is 16.0 Å². The van der Waals surface area contributed by atoms with Gasteiger partial charge in [0.1, 0.15) is 10.6 Å². The van der Waals surface area contributed by atoms with Gasteiger partial charge in [-0.1, -0.05) is 30.3 Å². The number of hydrogen-bond donors (Lipinski definition) is 2. The van der Waals surface area contributed by atoms with Gasteiger partial charge in [-0.15, -0.1) is 0 Å². The quantitative estimate of drug-likeness (QED) is 0.844. The van der Waals surface area contributed by atoms with Gasteiger partial charge in [0.25, 0.3) is 0 Å². The number of sulfonamides is 1. The Labute approximate surface area is 134 Å². The second-order valence-electron chi connectivity index (χ2n) is 4.88. The minimum absolute atomic E-state index is 0.00357. The standard InChI is InChI=1S/C16H17NO5S/c1-11-13(16(18)19)8-9-14(15(11)22-2)23(20,21)17-10-12-6-4-3-5-7-12/h3-9,17H,10H2,1-2H3,(H,18,19). The van der Waals surface area contributed by atoms with Crippen LogP contribution < -0.4 is 9.46 Å². The molecule has 23 heavy (non-hydrogen) atoms. The van der Waals surface area contributed by atoms with Gasteiger partial charge >= 0.3 is 5.97 Å². The number of carboxylic acid groups (broad SMARTS) is 1. The third kappa shape index (κ3) is 3.69. The SMILES string of the molecule is COc1c(S(=O)(=O)NCc2ccccc2)ccc(C(=O)O)c1C. The maximum absolute atomic E-state index is 12.5. The van der Waals surface area contributed by atoms with Crippen LogP contribution in [0.1, 0.15) is 21.5 Å². The fraction of sp³-hybridized carbons (Fsp3) is 0.188. The lowest BCUT2D eigenvalue weighted by molar-refractivity contribution is 0.0695. The zero-order chi connectivity index (χ0) is 17.0. The lowest BCUT2D eigenvalue weighted by Crippen LogP contribution is -2.24. The first-order valence-electron chi connectivity index (χ1n) is 6.81. The normalized spacial score (nSPS) is 11.2. The largest absolute Gasteiger partial charge is 0.495 e. The van der Waals surface area contributed by atoms with Crippen molar-refractivity contribution in [2.45, 2.75) is 18.4 Å². The molecule has 122 valence electrons. The molecule has 0 heterocycles. The Bertz CT molecular complexity index is 816. The zero-order valence-electron chi connectivity index (χ0n) is 12.7. The number of carboxylic acids is 1. The van der Waals surface area contributed by atoms with Crippen LogP contribution in [0.15, 0.2) is 47.4 Å². The Kier molecular flexibility index (Phi) is 5.02. The highest BCUT2D eigenvalue weighted by Crippen LogP contribution is 2.30. The molecule has 0 aromatic heterocycles. The van der Waals surface area contributed by atoms with Crippen LogP contribution in [0.2, 0.25) is 0 Å². The highest BCUT2D eigenvalue weighted by molar-refractivity contribution is 7.89. The second-order valence-corrected chi connectivity index (χ2v) is 6.62. The van der Waals surface area contributed by atoms with Crippen molar-refractivity contribution in [3.05, 3.63) is 59.2 Å². The van der Waals surface area contributed by atoms with E-state index in [4.69, 9.17) is 9.84 Å². The van der Waals surface area contributed by atoms with Crippen molar-refractivity contribution >= 4 is 16.0 Å². The maximum atomic E-state index is 12.5. The number of carbonyl (C=O) groups is 1. The average Bonchev–Trinajstić information content (AvgIpc) is 2.53. The number of aromatic carboxylic acids is 1. The molecule has 0 bridgehead atoms. The van der Waals surface area contributed by atoms with Gasteiger partial charge in [-0.2, -0.15) is 0 Å². The Hall–Kier alpha value is -2.38. The van der Waals surface area contributed by atoms with E-state index in [-0.39, 0.29) is 28.3 Å². The summed E-state index contributed by atoms with van der Waals surface area (Å²) in [6.45, 7) is 1.64. The third-order valence-electron chi connectivity index (χ3n) is 3.40. The third-order valence-corrected chi connectivity index (χ3v) is 4.83. The van der Waals surface area contributed by atoms with Gasteiger partial charge in [-0.3, -0.25) is 0 Å². The lowest BCUT2D eigenvalue weighted by Gasteiger charge is -2.14. The first-order chi connectivity index (χ1) is 10.9. The van der Waals surface area contributed by atoms with Gasteiger partial charge < -0.3 is 9.84 Å². The predicted octanol–water partition coefficient (Wildman–Crippen LogP) is 2.18. The van der Waals surface area contributed by atoms with Crippen LogP contribution >= 0.6 is 0 Å². The van der Waals surface area contributed by atoms with Crippen molar-refractivity contribution in [3.63, 3.8) is 0 Å². The van der Waals surface area contributed by atoms with Gasteiger partial charge in [-0.25, -0.2) is 17.9 Å². The summed E-state index contributed by atoms with van der Waals surface area (Å²) >= 11 is 0. The molecule has 2 aromatic rings. The summed E-state index contributed by atoms with van der Waals surface area (Å²) in [7, 11) is -2.52. The molecule has 2 aromatic carbocycles. The molecule has 0 amide bonds. The van der Waals surface area contributed by atoms with Crippen LogP contribution in [0.25, 0.3) is 0 Å². The van der Waals surface area contributed by atoms with Gasteiger partial charge in [0.05, 0.1) is 12.7 Å². The zero-order valence-corrected chi connectivity index (χ0v) is 13.6. The molecular formula is C16H17NO5S. The number of hydrogen-bond acceptors (Lipinski definition) is 4. The molecule has 0 radical (unpaired) electrons. The Morgan fingerprint density at radius 1 is 1.17 bits per heavy atom. The van der Waals surface area contributed by atoms with Crippen LogP contribution in [-0.4, -0.2) is 26.6 Å². The Morgan fingerprint density at radius 2 is 1.83 bits per heavy atom. The lowest BCUT2D eigenvalue weighted by atomic mass is 10.1. The van der Waals surface area contributed by atoms with Crippen LogP contribution in [0.5, 0.6) is 5.75 Å². The van der Waals surface area contributed by atoms with Crippen LogP contribution in [0, 0.1) is 6.92 Å². The molecule has 7 heteroatoms. The number of rotatable bonds is 6. The van der Waals surface area contributed by atoms with E-state index >= 15 is 0 Å². The van der Waals surface area contributed by atoms with Gasteiger partial charge in [0.15, 0.2) is 0 Å². The fourth-order valence-corrected chi connectivity index (χ4v) is 3.46. The number of nitrogens with one attached hydrogen (secondary N) is 1. The second kappa shape index (κ2) is 6.80. The summed E-state index contributed by atoms with van der Waals surface area (Å²) in [6, 6.07) is 11.6. The van der Waals surface area contributed by atoms with Gasteiger partial charge in [0.2, 0.25) is 10.0 Å². The molecule has 0 atom stereocenters. The number of benzene rings is 2. The fourth-order valence-electron chi connectivity index (χ4n) is 2.22. The van der Waals surface area contributed by atoms with Crippen LogP contribution in [0.4, 0.5) is 0 Å². The molecule has 2 rings (SSSR count). The topological polar surface area (TPSA) is 92.7 Å². The smallest absolute Gasteiger partial charge is 0.336 e. The van der Waals surface area contributed by atoms with E-state index in [1.54, 1.807) is 12.1 Å². The highest BCUT2D eigenvalue weighted by Gasteiger charge is 2.23. The number of ether oxygens (including phenoxy) is 1. The van der Waals surface area contributed by atoms with E-state index in [2.05, 4.69) is 4.72 Å². The van der Waals surface area contributed by atoms with E-state index in [9.17, 15) is 13.2 Å². The van der Waals surface area contributed by atoms with Gasteiger partial charge in [0, 0.05) is 12.1 Å². The molecule has 0 aliphatic carbocycles. The maximum Gasteiger partial charge on any atom is 0.336 e. The molecule has 2 N–H and O–H groups in total. The predicted molar refractivity (Wildman–Crippen MR) is 85.2 cm³/mol. The molecule has 0 aliphatic heterocycles. The van der Waals surface area contributed by atoms with Gasteiger partial charge in [-0.05, 0) is 24.6 Å². The first kappa shape index (κ1) is 17.0. The van der Waals surface area contributed by atoms with Crippen molar-refractivity contribution in [2.75, 3.05) is 7.11 Å². The van der Waals surface area contributed by atoms with Crippen molar-refractivity contribution in [2.24, 2.45) is 0 Å². The first-order valence-corrected chi connectivity index (χ1v) is 8.29. The molecule has 0 fully saturated rings. The highest BCUT2D eigenvalue weighted by atomic mass is 32.2. The summed E-state index contributed by atoms with van der Waals surface area (Å²) < 4.78 is 32.6. The minimum atomic E-state index is -3.83. The summed E-state index contributed by atoms with van der Waals surface area (Å²) in [5.41, 5.74) is 1.08. The van der Waals surface area contributed by atoms with Crippen molar-refractivity contribution in [3.8, 4) is 5.75 Å². The minimum Gasteiger partial charge on any atom is -0.495 e. The summed E-state index contributed by atoms with van der Waals surface area (Å²) in [5, 5.41) is 9.11. The van der Waals surface area contributed by atoms with Crippen LogP contribution in [0.3, 0.4) is 0 Å². The van der Waals surface area contributed by atoms with Crippen LogP contribution in [-0.2, 0) is 16.6 Å². The Balaban J connectivity index is 2.36. The molecule has 0 spiro atoms. The molecule has 0 aliphatic rings. The molecule has 0 saturated heterocycles. The molecule has 6 nitrogen and oxygen atoms in total. The van der Waals surface area contributed by atoms with Crippen molar-refractivity contribution in [1.82, 2.24) is 4.72 Å². The van der Waals surface area contributed by atoms with E-state index in [1.165, 1.54) is 26.2 Å². The monoisotopic (exact) mass is 335 g/mol. The van der Waals surface area contributed by atoms with Crippen molar-refractivity contribution < 1.29 is 23.1 Å². The van der Waals surface area contributed by atoms with E-state index in [0.717, 1.165) is 5.56 Å². The number of methoxy groups -OCH3 is 1. The van der Waals surface area contributed by atoms with Crippen molar-refractivity contribution in [1.29, 1.82) is 0 Å². The summed E-state index contributed by atoms with van der Waals surface area (Å²) in [4.78, 5) is 11.1. The average molecular weight is 335 g/mol. The summed E-state index contributed by atoms with van der Waals surface area (Å²) in [6.07, 6.45) is 0. The molecule has 0 saturated carbocycles. The van der Waals surface area contributed by atoms with E-state index in [0.29, 0.717) is 0 Å². The Morgan fingerprint density at radius 3 is 2.39 bits per heavy atom. The molecule has 0 unspecified atom stereocenters. The summed E-state index contributed by atoms with van der Waals surface area (Å²) in [5.74, 6) is -1.10. The van der Waals surface area contributed by atoms with E-state index in [1.807, 2.05) is 18.2 Å². The molecular weight excluding hydrogens is 318 g/mol.